The molecule has 84 valence electrons. The molecule has 2 N–H and O–H groups in total. The Morgan fingerprint density at radius 1 is 1.50 bits per heavy atom. The summed E-state index contributed by atoms with van der Waals surface area (Å²) in [5.74, 6) is 0.0884. The summed E-state index contributed by atoms with van der Waals surface area (Å²) in [6, 6.07) is 1.37. The molecule has 0 amide bonds. The number of ketones is 1. The largest absolute Gasteiger partial charge is 0.453 e. The van der Waals surface area contributed by atoms with E-state index in [9.17, 15) is 9.59 Å². The van der Waals surface area contributed by atoms with Gasteiger partial charge in [-0.1, -0.05) is 11.6 Å². The predicted molar refractivity (Wildman–Crippen MR) is 56.3 cm³/mol. The Balaban J connectivity index is 2.67. The third-order valence-corrected chi connectivity index (χ3v) is 2.51. The highest BCUT2D eigenvalue weighted by molar-refractivity contribution is 6.35. The third kappa shape index (κ3) is 1.54. The topological polar surface area (TPSA) is 78.6 Å². The number of rotatable bonds is 3. The molecule has 0 aliphatic carbocycles. The second kappa shape index (κ2) is 4.11. The summed E-state index contributed by atoms with van der Waals surface area (Å²) in [5.41, 5.74) is 5.69. The lowest BCUT2D eigenvalue weighted by Crippen LogP contribution is -2.15. The zero-order valence-electron chi connectivity index (χ0n) is 8.16. The Morgan fingerprint density at radius 3 is 2.81 bits per heavy atom. The molecule has 1 aliphatic heterocycles. The SMILES string of the molecule is NCC(=O)c1c(Cl)cc(C=O)c2c1OCO2. The van der Waals surface area contributed by atoms with Gasteiger partial charge in [-0.2, -0.15) is 0 Å². The molecule has 0 aromatic heterocycles. The van der Waals surface area contributed by atoms with Crippen LogP contribution in [0.5, 0.6) is 11.5 Å². The number of fused-ring (bicyclic) bond motifs is 1. The van der Waals surface area contributed by atoms with Crippen molar-refractivity contribution >= 4 is 23.7 Å². The van der Waals surface area contributed by atoms with Gasteiger partial charge in [-0.25, -0.2) is 0 Å². The molecule has 0 saturated carbocycles. The molecule has 16 heavy (non-hydrogen) atoms. The highest BCUT2D eigenvalue weighted by Crippen LogP contribution is 2.42. The van der Waals surface area contributed by atoms with Crippen LogP contribution >= 0.6 is 11.6 Å². The number of nitrogens with two attached hydrogens (primary N) is 1. The molecular weight excluding hydrogens is 234 g/mol. The van der Waals surface area contributed by atoms with Gasteiger partial charge in [0.25, 0.3) is 0 Å². The average Bonchev–Trinajstić information content (AvgIpc) is 2.75. The molecule has 1 aromatic rings. The minimum absolute atomic E-state index is 0.0403. The smallest absolute Gasteiger partial charge is 0.231 e. The predicted octanol–water partition coefficient (Wildman–Crippen LogP) is 1.02. The van der Waals surface area contributed by atoms with E-state index in [4.69, 9.17) is 26.8 Å². The first-order valence-electron chi connectivity index (χ1n) is 4.49. The summed E-state index contributed by atoms with van der Waals surface area (Å²) in [6.07, 6.45) is 0.593. The molecule has 5 nitrogen and oxygen atoms in total. The van der Waals surface area contributed by atoms with Gasteiger partial charge in [0.1, 0.15) is 0 Å². The van der Waals surface area contributed by atoms with Gasteiger partial charge in [0, 0.05) is 0 Å². The lowest BCUT2D eigenvalue weighted by Gasteiger charge is -2.07. The Kier molecular flexibility index (Phi) is 2.80. The first-order valence-corrected chi connectivity index (χ1v) is 4.87. The van der Waals surface area contributed by atoms with Crippen LogP contribution in [0.1, 0.15) is 20.7 Å². The summed E-state index contributed by atoms with van der Waals surface area (Å²) in [7, 11) is 0. The fourth-order valence-electron chi connectivity index (χ4n) is 1.51. The Hall–Kier alpha value is -1.59. The number of Topliss-reactive ketones (excluding diaryl/α,β-unsaturated/α-hetero) is 1. The van der Waals surface area contributed by atoms with Gasteiger partial charge in [0.15, 0.2) is 23.6 Å². The van der Waals surface area contributed by atoms with Crippen molar-refractivity contribution in [3.05, 3.63) is 22.2 Å². The molecule has 2 rings (SSSR count). The van der Waals surface area contributed by atoms with E-state index in [-0.39, 0.29) is 46.8 Å². The van der Waals surface area contributed by atoms with E-state index < -0.39 is 0 Å². The van der Waals surface area contributed by atoms with Crippen molar-refractivity contribution in [1.82, 2.24) is 0 Å². The zero-order valence-corrected chi connectivity index (χ0v) is 8.91. The van der Waals surface area contributed by atoms with Gasteiger partial charge < -0.3 is 15.2 Å². The fraction of sp³-hybridized carbons (Fsp3) is 0.200. The molecular formula is C10H8ClNO4. The normalized spacial score (nSPS) is 12.6. The number of ether oxygens (including phenoxy) is 2. The van der Waals surface area contributed by atoms with Crippen molar-refractivity contribution in [3.8, 4) is 11.5 Å². The molecule has 0 atom stereocenters. The molecule has 0 unspecified atom stereocenters. The minimum Gasteiger partial charge on any atom is -0.453 e. The molecule has 1 heterocycles. The van der Waals surface area contributed by atoms with Gasteiger partial charge in [-0.05, 0) is 6.07 Å². The number of carbonyl (C=O) groups is 2. The van der Waals surface area contributed by atoms with Crippen LogP contribution < -0.4 is 15.2 Å². The lowest BCUT2D eigenvalue weighted by molar-refractivity contribution is 0.0996. The van der Waals surface area contributed by atoms with Crippen LogP contribution in [0.2, 0.25) is 5.02 Å². The van der Waals surface area contributed by atoms with Crippen LogP contribution in [0.3, 0.4) is 0 Å². The minimum atomic E-state index is -0.357. The number of hydrogen-bond acceptors (Lipinski definition) is 5. The molecule has 1 aliphatic rings. The Morgan fingerprint density at radius 2 is 2.19 bits per heavy atom. The standard InChI is InChI=1S/C10H8ClNO4/c11-6-1-5(3-13)9-10(16-4-15-9)8(6)7(14)2-12/h1,3H,2,4,12H2. The summed E-state index contributed by atoms with van der Waals surface area (Å²) < 4.78 is 10.2. The Bertz CT molecular complexity index is 472. The maximum atomic E-state index is 11.6. The van der Waals surface area contributed by atoms with E-state index in [1.165, 1.54) is 6.07 Å². The third-order valence-electron chi connectivity index (χ3n) is 2.21. The molecule has 1 aromatic carbocycles. The number of halogens is 1. The van der Waals surface area contributed by atoms with Crippen molar-refractivity contribution in [1.29, 1.82) is 0 Å². The molecule has 0 spiro atoms. The van der Waals surface area contributed by atoms with Crippen molar-refractivity contribution in [2.75, 3.05) is 13.3 Å². The van der Waals surface area contributed by atoms with Crippen molar-refractivity contribution in [3.63, 3.8) is 0 Å². The highest BCUT2D eigenvalue weighted by Gasteiger charge is 2.27. The van der Waals surface area contributed by atoms with E-state index in [1.54, 1.807) is 0 Å². The van der Waals surface area contributed by atoms with Crippen LogP contribution in [-0.2, 0) is 0 Å². The van der Waals surface area contributed by atoms with E-state index in [0.717, 1.165) is 0 Å². The summed E-state index contributed by atoms with van der Waals surface area (Å²) in [4.78, 5) is 22.3. The van der Waals surface area contributed by atoms with Gasteiger partial charge >= 0.3 is 0 Å². The monoisotopic (exact) mass is 241 g/mol. The molecule has 0 saturated heterocycles. The fourth-order valence-corrected chi connectivity index (χ4v) is 1.82. The first-order chi connectivity index (χ1) is 7.69. The Labute approximate surface area is 96.1 Å². The van der Waals surface area contributed by atoms with Crippen LogP contribution in [0.4, 0.5) is 0 Å². The van der Waals surface area contributed by atoms with E-state index in [2.05, 4.69) is 0 Å². The number of carbonyl (C=O) groups excluding carboxylic acids is 2. The van der Waals surface area contributed by atoms with Crippen LogP contribution in [0.15, 0.2) is 6.07 Å². The highest BCUT2D eigenvalue weighted by atomic mass is 35.5. The number of benzene rings is 1. The van der Waals surface area contributed by atoms with Crippen molar-refractivity contribution in [2.45, 2.75) is 0 Å². The first kappa shape index (κ1) is 10.9. The van der Waals surface area contributed by atoms with Gasteiger partial charge in [-0.3, -0.25) is 9.59 Å². The quantitative estimate of drug-likeness (QED) is 0.631. The maximum absolute atomic E-state index is 11.6. The number of hydrogen-bond donors (Lipinski definition) is 1. The van der Waals surface area contributed by atoms with Gasteiger partial charge in [0.05, 0.1) is 22.7 Å². The maximum Gasteiger partial charge on any atom is 0.231 e. The van der Waals surface area contributed by atoms with Crippen LogP contribution in [0, 0.1) is 0 Å². The van der Waals surface area contributed by atoms with E-state index >= 15 is 0 Å². The summed E-state index contributed by atoms with van der Waals surface area (Å²) in [6.45, 7) is -0.225. The second-order valence-electron chi connectivity index (χ2n) is 3.13. The van der Waals surface area contributed by atoms with Crippen LogP contribution in [0.25, 0.3) is 0 Å². The van der Waals surface area contributed by atoms with Crippen molar-refractivity contribution < 1.29 is 19.1 Å². The van der Waals surface area contributed by atoms with Crippen molar-refractivity contribution in [2.24, 2.45) is 5.73 Å². The molecule has 6 heteroatoms. The molecule has 0 fully saturated rings. The number of aldehydes is 1. The average molecular weight is 242 g/mol. The molecule has 0 radical (unpaired) electrons. The summed E-state index contributed by atoms with van der Waals surface area (Å²) in [5, 5.41) is 0.141. The van der Waals surface area contributed by atoms with Crippen LogP contribution in [-0.4, -0.2) is 25.4 Å². The summed E-state index contributed by atoms with van der Waals surface area (Å²) >= 11 is 5.89. The lowest BCUT2D eigenvalue weighted by atomic mass is 10.1. The van der Waals surface area contributed by atoms with Gasteiger partial charge in [0.2, 0.25) is 6.79 Å². The molecule has 0 bridgehead atoms. The van der Waals surface area contributed by atoms with E-state index in [0.29, 0.717) is 6.29 Å². The van der Waals surface area contributed by atoms with Gasteiger partial charge in [-0.15, -0.1) is 0 Å². The second-order valence-corrected chi connectivity index (χ2v) is 3.54. The van der Waals surface area contributed by atoms with E-state index in [1.807, 2.05) is 0 Å². The zero-order chi connectivity index (χ0) is 11.7.